The summed E-state index contributed by atoms with van der Waals surface area (Å²) in [5, 5.41) is 0. The van der Waals surface area contributed by atoms with Crippen LogP contribution in [-0.4, -0.2) is 12.6 Å². The van der Waals surface area contributed by atoms with Crippen molar-refractivity contribution in [3.63, 3.8) is 0 Å². The summed E-state index contributed by atoms with van der Waals surface area (Å²) in [4.78, 5) is 10.2. The van der Waals surface area contributed by atoms with Crippen LogP contribution >= 0.6 is 0 Å². The van der Waals surface area contributed by atoms with Crippen LogP contribution in [0.1, 0.15) is 13.3 Å². The molecule has 0 aromatic carbocycles. The van der Waals surface area contributed by atoms with Crippen LogP contribution in [0.3, 0.4) is 0 Å². The second kappa shape index (κ2) is 2.21. The van der Waals surface area contributed by atoms with E-state index in [0.717, 1.165) is 6.42 Å². The van der Waals surface area contributed by atoms with E-state index in [9.17, 15) is 4.79 Å². The second-order valence-electron chi connectivity index (χ2n) is 2.36. The van der Waals surface area contributed by atoms with Gasteiger partial charge in [-0.3, -0.25) is 4.79 Å². The van der Waals surface area contributed by atoms with Crippen LogP contribution in [-0.2, 0) is 9.53 Å². The minimum Gasteiger partial charge on any atom is -0.465 e. The van der Waals surface area contributed by atoms with Crippen molar-refractivity contribution in [2.75, 3.05) is 6.61 Å². The summed E-state index contributed by atoms with van der Waals surface area (Å²) < 4.78 is 4.74. The molecule has 1 unspecified atom stereocenters. The van der Waals surface area contributed by atoms with Crippen molar-refractivity contribution < 1.29 is 9.53 Å². The first-order valence-corrected chi connectivity index (χ1v) is 3.01. The maximum absolute atomic E-state index is 10.2. The summed E-state index contributed by atoms with van der Waals surface area (Å²) >= 11 is 0. The van der Waals surface area contributed by atoms with Gasteiger partial charge in [-0.25, -0.2) is 0 Å². The largest absolute Gasteiger partial charge is 0.465 e. The Morgan fingerprint density at radius 3 is 2.89 bits per heavy atom. The fourth-order valence-electron chi connectivity index (χ4n) is 0.652. The number of ether oxygens (including phenoxy) is 1. The van der Waals surface area contributed by atoms with Crippen molar-refractivity contribution in [1.82, 2.24) is 0 Å². The lowest BCUT2D eigenvalue weighted by Crippen LogP contribution is -2.01. The molecule has 1 aliphatic carbocycles. The lowest BCUT2D eigenvalue weighted by atomic mass is 10.4. The highest BCUT2D eigenvalue weighted by atomic mass is 16.5. The van der Waals surface area contributed by atoms with Gasteiger partial charge in [0.15, 0.2) is 0 Å². The van der Waals surface area contributed by atoms with Gasteiger partial charge in [-0.2, -0.15) is 0 Å². The van der Waals surface area contributed by atoms with E-state index < -0.39 is 0 Å². The Balaban J connectivity index is 2.07. The highest BCUT2D eigenvalue weighted by molar-refractivity contribution is 5.66. The lowest BCUT2D eigenvalue weighted by molar-refractivity contribution is -0.141. The van der Waals surface area contributed by atoms with Crippen LogP contribution in [0.25, 0.3) is 0 Å². The smallest absolute Gasteiger partial charge is 0.302 e. The molecule has 0 heterocycles. The lowest BCUT2D eigenvalue weighted by Gasteiger charge is -1.95. The number of esters is 1. The van der Waals surface area contributed by atoms with Crippen molar-refractivity contribution in [3.8, 4) is 0 Å². The van der Waals surface area contributed by atoms with Crippen molar-refractivity contribution in [2.45, 2.75) is 13.3 Å². The minimum atomic E-state index is -0.199. The highest BCUT2D eigenvalue weighted by Crippen LogP contribution is 2.35. The summed E-state index contributed by atoms with van der Waals surface area (Å²) in [6.07, 6.45) is 1.04. The first-order valence-electron chi connectivity index (χ1n) is 3.01. The van der Waals surface area contributed by atoms with Gasteiger partial charge in [-0.05, 0) is 6.42 Å². The third kappa shape index (κ3) is 1.88. The Morgan fingerprint density at radius 2 is 2.56 bits per heavy atom. The molecule has 0 aromatic rings. The zero-order valence-corrected chi connectivity index (χ0v) is 5.52. The van der Waals surface area contributed by atoms with Crippen LogP contribution in [0.15, 0.2) is 12.2 Å². The van der Waals surface area contributed by atoms with Gasteiger partial charge >= 0.3 is 5.97 Å². The monoisotopic (exact) mass is 126 g/mol. The number of hydrogen-bond acceptors (Lipinski definition) is 2. The van der Waals surface area contributed by atoms with E-state index in [1.165, 1.54) is 12.5 Å². The topological polar surface area (TPSA) is 26.3 Å². The normalized spacial score (nSPS) is 23.7. The number of carbonyl (C=O) groups excluding carboxylic acids is 1. The molecule has 1 saturated carbocycles. The zero-order valence-electron chi connectivity index (χ0n) is 5.52. The fraction of sp³-hybridized carbons (Fsp3) is 0.571. The average molecular weight is 126 g/mol. The Hall–Kier alpha value is -0.790. The summed E-state index contributed by atoms with van der Waals surface area (Å²) in [5.74, 6) is 0.267. The molecule has 0 N–H and O–H groups in total. The predicted molar refractivity (Wildman–Crippen MR) is 33.9 cm³/mol. The number of rotatable bonds is 2. The number of carbonyl (C=O) groups is 1. The van der Waals surface area contributed by atoms with E-state index in [-0.39, 0.29) is 5.97 Å². The molecule has 0 aromatic heterocycles. The summed E-state index contributed by atoms with van der Waals surface area (Å²) in [5.41, 5.74) is 1.20. The fourth-order valence-corrected chi connectivity index (χ4v) is 0.652. The van der Waals surface area contributed by atoms with Gasteiger partial charge in [0, 0.05) is 12.8 Å². The predicted octanol–water partition coefficient (Wildman–Crippen LogP) is 1.13. The van der Waals surface area contributed by atoms with E-state index in [2.05, 4.69) is 6.58 Å². The van der Waals surface area contributed by atoms with Crippen LogP contribution < -0.4 is 0 Å². The van der Waals surface area contributed by atoms with Crippen molar-refractivity contribution in [1.29, 1.82) is 0 Å². The van der Waals surface area contributed by atoms with Crippen LogP contribution in [0.5, 0.6) is 0 Å². The van der Waals surface area contributed by atoms with E-state index in [4.69, 9.17) is 4.74 Å². The van der Waals surface area contributed by atoms with Crippen molar-refractivity contribution in [3.05, 3.63) is 12.2 Å². The van der Waals surface area contributed by atoms with Crippen molar-refractivity contribution >= 4 is 5.97 Å². The van der Waals surface area contributed by atoms with Gasteiger partial charge in [-0.1, -0.05) is 12.2 Å². The summed E-state index contributed by atoms with van der Waals surface area (Å²) in [6, 6.07) is 0. The molecule has 0 aliphatic heterocycles. The third-order valence-corrected chi connectivity index (χ3v) is 1.41. The van der Waals surface area contributed by atoms with Crippen LogP contribution in [0, 0.1) is 5.92 Å². The van der Waals surface area contributed by atoms with E-state index >= 15 is 0 Å². The second-order valence-corrected chi connectivity index (χ2v) is 2.36. The molecule has 0 spiro atoms. The molecule has 0 radical (unpaired) electrons. The standard InChI is InChI=1S/C7H10O2/c1-5-3-7(5)4-9-6(2)8/h7H,1,3-4H2,2H3. The molecular formula is C7H10O2. The SMILES string of the molecule is C=C1CC1COC(C)=O. The molecule has 1 fully saturated rings. The molecule has 2 heteroatoms. The molecule has 2 nitrogen and oxygen atoms in total. The van der Waals surface area contributed by atoms with E-state index in [1.807, 2.05) is 0 Å². The van der Waals surface area contributed by atoms with Gasteiger partial charge in [0.1, 0.15) is 0 Å². The maximum Gasteiger partial charge on any atom is 0.302 e. The highest BCUT2D eigenvalue weighted by Gasteiger charge is 2.27. The Bertz CT molecular complexity index is 149. The van der Waals surface area contributed by atoms with E-state index in [0.29, 0.717) is 12.5 Å². The van der Waals surface area contributed by atoms with Crippen LogP contribution in [0.2, 0.25) is 0 Å². The zero-order chi connectivity index (χ0) is 6.85. The Kier molecular flexibility index (Phi) is 1.56. The minimum absolute atomic E-state index is 0.199. The molecular weight excluding hydrogens is 116 g/mol. The quantitative estimate of drug-likeness (QED) is 0.409. The molecule has 9 heavy (non-hydrogen) atoms. The molecule has 0 saturated heterocycles. The van der Waals surface area contributed by atoms with Gasteiger partial charge < -0.3 is 4.74 Å². The van der Waals surface area contributed by atoms with Gasteiger partial charge in [0.25, 0.3) is 0 Å². The van der Waals surface area contributed by atoms with Gasteiger partial charge in [-0.15, -0.1) is 0 Å². The average Bonchev–Trinajstić information content (AvgIpc) is 2.42. The van der Waals surface area contributed by atoms with E-state index in [1.54, 1.807) is 0 Å². The number of hydrogen-bond donors (Lipinski definition) is 0. The molecule has 0 amide bonds. The van der Waals surface area contributed by atoms with Gasteiger partial charge in [0.2, 0.25) is 0 Å². The summed E-state index contributed by atoms with van der Waals surface area (Å²) in [6.45, 7) is 5.69. The van der Waals surface area contributed by atoms with Crippen molar-refractivity contribution in [2.24, 2.45) is 5.92 Å². The van der Waals surface area contributed by atoms with Crippen LogP contribution in [0.4, 0.5) is 0 Å². The summed E-state index contributed by atoms with van der Waals surface area (Å²) in [7, 11) is 0. The molecule has 1 atom stereocenters. The Morgan fingerprint density at radius 1 is 2.00 bits per heavy atom. The molecule has 0 bridgehead atoms. The first-order chi connectivity index (χ1) is 4.20. The molecule has 1 rings (SSSR count). The Labute approximate surface area is 54.5 Å². The molecule has 50 valence electrons. The first kappa shape index (κ1) is 6.33. The molecule has 1 aliphatic rings. The maximum atomic E-state index is 10.2. The third-order valence-electron chi connectivity index (χ3n) is 1.41. The van der Waals surface area contributed by atoms with Gasteiger partial charge in [0.05, 0.1) is 6.61 Å².